The number of nitrogens with two attached hydrogens (primary N) is 1. The summed E-state index contributed by atoms with van der Waals surface area (Å²) in [6, 6.07) is 0.0498. The summed E-state index contributed by atoms with van der Waals surface area (Å²) in [5, 5.41) is 97.4. The van der Waals surface area contributed by atoms with E-state index in [4.69, 9.17) is 52.7 Å². The van der Waals surface area contributed by atoms with Gasteiger partial charge in [0.25, 0.3) is 0 Å². The Labute approximate surface area is 597 Å². The van der Waals surface area contributed by atoms with Crippen molar-refractivity contribution in [3.8, 4) is 0 Å². The van der Waals surface area contributed by atoms with Crippen LogP contribution < -0.4 is 5.73 Å². The zero-order valence-corrected chi connectivity index (χ0v) is 69.8. The number of hydrogen-bond donors (Lipinski definition) is 10. The number of carbonyl (C=O) groups excluding carboxylic acids is 4. The SMILES string of the molecule is CC[C@@H](O)[C@@](C)(O)[C@H](O[Si](C)(C)C(C)(C)C)[C@@H](C)N.CC[C@@H](O)[C@H](C)[C@@H](OC1O[C@H](C)C[C@H](N(C)C)[C@H]1C)[C@](C)(O)C[C@@H](C)CN(C)[C@H](C)[C@@H](O[Si](C)(C)C(C)(C)C)[C@](C)(O)[C@H](O)CC.CC[C@@H](O)[C@H](C)[C@@H](OC1O[C@H](C)C[C@H](N(C)C)[C@H]1C)[C@](C)(O)C[C@@H](C)CO.O=C=O.O=C=O. The number of hydrogen-bond acceptors (Lipinski definition) is 23. The second-order valence-corrected chi connectivity index (χ2v) is 43.3. The van der Waals surface area contributed by atoms with E-state index in [0.717, 1.165) is 12.8 Å². The highest BCUT2D eigenvalue weighted by Gasteiger charge is 2.52. The molecule has 0 aromatic rings. The van der Waals surface area contributed by atoms with Gasteiger partial charge in [0.15, 0.2) is 29.2 Å². The highest BCUT2D eigenvalue weighted by atomic mass is 28.4. The third kappa shape index (κ3) is 31.2. The van der Waals surface area contributed by atoms with Gasteiger partial charge in [-0.15, -0.1) is 0 Å². The average molecular weight is 1450 g/mol. The molecule has 11 N–H and O–H groups in total. The van der Waals surface area contributed by atoms with Gasteiger partial charge in [-0.1, -0.05) is 111 Å². The number of likely N-dealkylation sites (N-methyl/N-ethyl adjacent to an activating group) is 1. The van der Waals surface area contributed by atoms with Gasteiger partial charge in [0, 0.05) is 61.0 Å². The lowest BCUT2D eigenvalue weighted by Crippen LogP contribution is -2.62. The Morgan fingerprint density at radius 1 is 0.520 bits per heavy atom. The molecule has 2 heterocycles. The Morgan fingerprint density at radius 3 is 1.08 bits per heavy atom. The largest absolute Gasteiger partial charge is 0.409 e. The third-order valence-electron chi connectivity index (χ3n) is 21.8. The van der Waals surface area contributed by atoms with E-state index >= 15 is 0 Å². The highest BCUT2D eigenvalue weighted by Crippen LogP contribution is 2.43. The first-order chi connectivity index (χ1) is 44.3. The summed E-state index contributed by atoms with van der Waals surface area (Å²) < 4.78 is 38.7. The highest BCUT2D eigenvalue weighted by molar-refractivity contribution is 6.74. The Hall–Kier alpha value is -1.57. The molecule has 26 atom stereocenters. The Morgan fingerprint density at radius 2 is 0.816 bits per heavy atom. The Kier molecular flexibility index (Phi) is 44.9. The summed E-state index contributed by atoms with van der Waals surface area (Å²) in [6.45, 7) is 56.7. The van der Waals surface area contributed by atoms with E-state index in [1.54, 1.807) is 20.8 Å². The second-order valence-electron chi connectivity index (χ2n) is 33.8. The van der Waals surface area contributed by atoms with Gasteiger partial charge in [-0.2, -0.15) is 19.2 Å². The maximum absolute atomic E-state index is 12.1. The molecule has 0 aromatic heterocycles. The standard InChI is InChI=1S/C36H76N2O7Si.C21H43NO5.C14H33NO3Si.2CO2/c1-18-29(39)26(6)31(44-33-25(5)28(37(13)14)20-24(4)43-33)35(11,41)21-23(3)22-38(15)27(7)32(36(12,42)30(40)19-2)45-46(16,17)34(8,9)10;1-9-18(24)16(5)19(21(6,25)11-13(2)12-23)27-20-15(4)17(22(7)8)10-14(3)26-20;1-9-11(16)14(6,17)12(10(2)15)18-19(7,8)13(3,4)5;2*2-1-3/h23-33,39-42H,18-22H2,1-17H3;13-20,23-25H,9-12H2,1-8H3;10-12,16-17H,9,15H2,1-8H3;;/t23-,24-,25-,26+,27-,28+,29-,30-,31-,32-,33?,35-,36-;13-,14-,15-,16+,17+,18-,19-,20?,21-;10-,11-,12-,14-;;/m111../s1. The summed E-state index contributed by atoms with van der Waals surface area (Å²) >= 11 is 0. The van der Waals surface area contributed by atoms with Crippen molar-refractivity contribution in [1.29, 1.82) is 0 Å². The van der Waals surface area contributed by atoms with E-state index in [1.165, 1.54) is 0 Å². The summed E-state index contributed by atoms with van der Waals surface area (Å²) in [6.07, 6.45) is -1.07. The van der Waals surface area contributed by atoms with Crippen LogP contribution in [0.3, 0.4) is 0 Å². The third-order valence-corrected chi connectivity index (χ3v) is 30.8. The minimum Gasteiger partial charge on any atom is -0.409 e. The molecule has 2 aliphatic heterocycles. The summed E-state index contributed by atoms with van der Waals surface area (Å²) in [5.74, 6) is -0.383. The summed E-state index contributed by atoms with van der Waals surface area (Å²) in [5.41, 5.74) is 0.770. The fraction of sp³-hybridized carbons (Fsp3) is 0.973. The first kappa shape index (κ1) is 101. The molecule has 586 valence electrons. The number of ether oxygens (including phenoxy) is 4. The average Bonchev–Trinajstić information content (AvgIpc) is 0.805. The molecule has 2 rings (SSSR count). The van der Waals surface area contributed by atoms with Gasteiger partial charge in [0.1, 0.15) is 11.2 Å². The lowest BCUT2D eigenvalue weighted by atomic mass is 9.79. The van der Waals surface area contributed by atoms with Crippen LogP contribution in [-0.4, -0.2) is 258 Å². The van der Waals surface area contributed by atoms with Gasteiger partial charge < -0.3 is 94.2 Å². The van der Waals surface area contributed by atoms with Crippen LogP contribution in [0, 0.1) is 35.5 Å². The van der Waals surface area contributed by atoms with Crippen molar-refractivity contribution in [3.63, 3.8) is 0 Å². The van der Waals surface area contributed by atoms with Crippen molar-refractivity contribution in [2.45, 2.75) is 374 Å². The molecule has 0 bridgehead atoms. The van der Waals surface area contributed by atoms with Crippen molar-refractivity contribution in [2.24, 2.45) is 41.2 Å². The summed E-state index contributed by atoms with van der Waals surface area (Å²) in [4.78, 5) is 39.1. The maximum Gasteiger partial charge on any atom is 0.373 e. The molecule has 98 heavy (non-hydrogen) atoms. The Balaban J connectivity index is -0.00000146. The van der Waals surface area contributed by atoms with E-state index in [9.17, 15) is 46.0 Å². The molecule has 2 fully saturated rings. The van der Waals surface area contributed by atoms with Gasteiger partial charge in [0.2, 0.25) is 0 Å². The predicted molar refractivity (Wildman–Crippen MR) is 391 cm³/mol. The molecule has 0 spiro atoms. The molecular weight excluding hydrogens is 1290 g/mol. The molecule has 2 saturated heterocycles. The molecule has 0 aromatic carbocycles. The van der Waals surface area contributed by atoms with Crippen LogP contribution in [0.25, 0.3) is 0 Å². The predicted octanol–water partition coefficient (Wildman–Crippen LogP) is 8.82. The number of nitrogens with zero attached hydrogens (tertiary/aromatic N) is 3. The van der Waals surface area contributed by atoms with Crippen LogP contribution in [-0.2, 0) is 47.0 Å². The lowest BCUT2D eigenvalue weighted by Gasteiger charge is -2.49. The van der Waals surface area contributed by atoms with Gasteiger partial charge in [-0.05, 0) is 190 Å². The molecular formula is C73H152N4O19Si2. The molecule has 0 aliphatic carbocycles. The number of aliphatic hydroxyl groups is 9. The van der Waals surface area contributed by atoms with E-state index in [-0.39, 0.29) is 94.8 Å². The monoisotopic (exact) mass is 1450 g/mol. The van der Waals surface area contributed by atoms with E-state index in [2.05, 4.69) is 145 Å². The van der Waals surface area contributed by atoms with Gasteiger partial charge in [-0.3, -0.25) is 0 Å². The van der Waals surface area contributed by atoms with Gasteiger partial charge in [-0.25, -0.2) is 0 Å². The number of rotatable bonds is 34. The summed E-state index contributed by atoms with van der Waals surface area (Å²) in [7, 11) is 5.96. The molecule has 0 radical (unpaired) electrons. The molecule has 0 amide bonds. The molecule has 25 heteroatoms. The van der Waals surface area contributed by atoms with Crippen LogP contribution in [0.1, 0.15) is 218 Å². The second kappa shape index (κ2) is 43.8. The first-order valence-electron chi connectivity index (χ1n) is 36.3. The van der Waals surface area contributed by atoms with Crippen LogP contribution in [0.15, 0.2) is 0 Å². The number of aliphatic hydroxyl groups excluding tert-OH is 5. The van der Waals surface area contributed by atoms with Crippen LogP contribution >= 0.6 is 0 Å². The minimum absolute atomic E-state index is 0.00362. The molecule has 2 aliphatic rings. The quantitative estimate of drug-likeness (QED) is 0.0269. The zero-order valence-electron chi connectivity index (χ0n) is 67.8. The van der Waals surface area contributed by atoms with Crippen molar-refractivity contribution in [3.05, 3.63) is 0 Å². The molecule has 0 saturated carbocycles. The van der Waals surface area contributed by atoms with Crippen molar-refractivity contribution in [1.82, 2.24) is 14.7 Å². The lowest BCUT2D eigenvalue weighted by molar-refractivity contribution is -0.284. The van der Waals surface area contributed by atoms with Crippen molar-refractivity contribution < 1.29 is 92.9 Å². The fourth-order valence-electron chi connectivity index (χ4n) is 13.4. The van der Waals surface area contributed by atoms with Crippen LogP contribution in [0.5, 0.6) is 0 Å². The van der Waals surface area contributed by atoms with Crippen LogP contribution in [0.2, 0.25) is 36.3 Å². The topological polar surface area (TPSA) is 341 Å². The van der Waals surface area contributed by atoms with E-state index in [0.29, 0.717) is 51.1 Å². The van der Waals surface area contributed by atoms with Crippen molar-refractivity contribution >= 4 is 28.9 Å². The Bertz CT molecular complexity index is 2210. The van der Waals surface area contributed by atoms with Crippen LogP contribution in [0.4, 0.5) is 0 Å². The zero-order chi connectivity index (χ0) is 78.2. The minimum atomic E-state index is -2.30. The van der Waals surface area contributed by atoms with Crippen molar-refractivity contribution in [2.75, 3.05) is 48.4 Å². The maximum atomic E-state index is 12.1. The van der Waals surface area contributed by atoms with Gasteiger partial charge >= 0.3 is 12.3 Å². The van der Waals surface area contributed by atoms with Gasteiger partial charge in [0.05, 0.1) is 72.2 Å². The smallest absolute Gasteiger partial charge is 0.373 e. The normalized spacial score (nSPS) is 27.2. The molecule has 2 unspecified atom stereocenters. The molecule has 23 nitrogen and oxygen atoms in total. The van der Waals surface area contributed by atoms with E-state index in [1.807, 2.05) is 76.3 Å². The first-order valence-corrected chi connectivity index (χ1v) is 42.1. The van der Waals surface area contributed by atoms with E-state index < -0.39 is 100 Å². The fourth-order valence-corrected chi connectivity index (χ4v) is 16.3.